The Hall–Kier alpha value is -2.93. The van der Waals surface area contributed by atoms with Crippen molar-refractivity contribution in [3.05, 3.63) is 57.9 Å². The molecule has 0 aliphatic heterocycles. The third kappa shape index (κ3) is 5.25. The van der Waals surface area contributed by atoms with Crippen molar-refractivity contribution < 1.29 is 41.0 Å². The molecule has 1 heterocycles. The molecule has 2 amide bonds. The number of alkyl halides is 4. The largest absolute Gasteiger partial charge is 0.435 e. The van der Waals surface area contributed by atoms with Gasteiger partial charge in [0.1, 0.15) is 17.3 Å². The van der Waals surface area contributed by atoms with Gasteiger partial charge in [-0.2, -0.15) is 13.2 Å². The van der Waals surface area contributed by atoms with Crippen LogP contribution in [-0.4, -0.2) is 44.9 Å². The molecule has 0 spiro atoms. The molecule has 0 unspecified atom stereocenters. The highest BCUT2D eigenvalue weighted by molar-refractivity contribution is 6.30. The molecule has 4 atom stereocenters. The minimum Gasteiger partial charge on any atom is -0.391 e. The summed E-state index contributed by atoms with van der Waals surface area (Å²) in [7, 11) is 0. The molecule has 2 aromatic rings. The fourth-order valence-electron chi connectivity index (χ4n) is 6.40. The number of amides is 2. The number of carbonyl (C=O) groups excluding carboxylic acids is 2. The van der Waals surface area contributed by atoms with Crippen molar-refractivity contribution in [2.45, 2.75) is 75.0 Å². The summed E-state index contributed by atoms with van der Waals surface area (Å²) in [6.07, 6.45) is -5.08. The first kappa shape index (κ1) is 28.6. The molecule has 1 aromatic heterocycles. The van der Waals surface area contributed by atoms with Crippen LogP contribution in [0.4, 0.5) is 26.3 Å². The Morgan fingerprint density at radius 3 is 2.33 bits per heavy atom. The second-order valence-corrected chi connectivity index (χ2v) is 11.4. The van der Waals surface area contributed by atoms with Crippen LogP contribution in [0, 0.1) is 23.0 Å². The van der Waals surface area contributed by atoms with Crippen LogP contribution in [0.15, 0.2) is 24.3 Å². The lowest BCUT2D eigenvalue weighted by Gasteiger charge is -2.37. The van der Waals surface area contributed by atoms with Crippen molar-refractivity contribution >= 4 is 23.4 Å². The highest BCUT2D eigenvalue weighted by Gasteiger charge is 2.59. The second-order valence-electron chi connectivity index (χ2n) is 11.0. The van der Waals surface area contributed by atoms with Crippen molar-refractivity contribution in [2.24, 2.45) is 11.3 Å². The highest BCUT2D eigenvalue weighted by Crippen LogP contribution is 2.63. The summed E-state index contributed by atoms with van der Waals surface area (Å²) in [4.78, 5) is 25.9. The number of aromatic nitrogens is 2. The first-order chi connectivity index (χ1) is 18.7. The van der Waals surface area contributed by atoms with Crippen molar-refractivity contribution in [1.29, 1.82) is 0 Å². The van der Waals surface area contributed by atoms with Gasteiger partial charge in [-0.05, 0) is 74.6 Å². The molecular formula is C26H25ClF6N4O3. The quantitative estimate of drug-likeness (QED) is 0.330. The first-order valence-electron chi connectivity index (χ1n) is 12.7. The number of aliphatic hydroxyl groups is 1. The maximum Gasteiger partial charge on any atom is 0.435 e. The van der Waals surface area contributed by atoms with E-state index in [4.69, 9.17) is 11.6 Å². The van der Waals surface area contributed by atoms with Gasteiger partial charge in [0.2, 0.25) is 5.91 Å². The van der Waals surface area contributed by atoms with Crippen molar-refractivity contribution in [1.82, 2.24) is 20.8 Å². The van der Waals surface area contributed by atoms with Crippen LogP contribution in [-0.2, 0) is 11.0 Å². The highest BCUT2D eigenvalue weighted by atomic mass is 35.5. The van der Waals surface area contributed by atoms with E-state index in [2.05, 4.69) is 20.8 Å². The summed E-state index contributed by atoms with van der Waals surface area (Å²) in [6.45, 7) is 0. The predicted octanol–water partition coefficient (Wildman–Crippen LogP) is 4.83. The normalized spacial score (nSPS) is 30.4. The fraction of sp³-hybridized carbons (Fsp3) is 0.538. The van der Waals surface area contributed by atoms with Gasteiger partial charge < -0.3 is 15.7 Å². The van der Waals surface area contributed by atoms with Crippen LogP contribution >= 0.6 is 11.6 Å². The minimum absolute atomic E-state index is 0.0243. The molecule has 0 radical (unpaired) electrons. The Balaban J connectivity index is 1.32. The van der Waals surface area contributed by atoms with Crippen molar-refractivity contribution in [3.63, 3.8) is 0 Å². The third-order valence-electron chi connectivity index (χ3n) is 8.48. The first-order valence-corrected chi connectivity index (χ1v) is 13.1. The SMILES string of the molecule is O=C(N[C@H]1C[C@@H](C(=O)N[C@H](c2c(F)ccc(Cl)c2F)C23CCC(F)(CC2)C3)C[C@H]1O)c1ccc(C(F)(F)F)nn1. The van der Waals surface area contributed by atoms with Crippen molar-refractivity contribution in [2.75, 3.05) is 0 Å². The standard InChI is InChI=1S/C26H25ClF6N4O3/c27-13-1-2-14(28)19(20(13)29)21(24-5-7-25(30,11-24)8-6-24)35-22(39)12-9-16(17(38)10-12)34-23(40)15-3-4-18(37-36-15)26(31,32)33/h1-4,12,16-17,21,38H,5-11H2,(H,34,40)(H,35,39)/t12-,16+,17-,21-,24?,25?/m1/s1. The van der Waals surface area contributed by atoms with Crippen LogP contribution in [0.2, 0.25) is 5.02 Å². The van der Waals surface area contributed by atoms with E-state index in [0.717, 1.165) is 18.2 Å². The molecule has 1 aromatic carbocycles. The Labute approximate surface area is 229 Å². The van der Waals surface area contributed by atoms with Crippen LogP contribution < -0.4 is 10.6 Å². The topological polar surface area (TPSA) is 104 Å². The third-order valence-corrected chi connectivity index (χ3v) is 8.77. The number of hydrogen-bond acceptors (Lipinski definition) is 5. The van der Waals surface area contributed by atoms with E-state index >= 15 is 8.78 Å². The van der Waals surface area contributed by atoms with Gasteiger partial charge in [0.05, 0.1) is 23.2 Å². The molecule has 3 N–H and O–H groups in total. The van der Waals surface area contributed by atoms with Crippen LogP contribution in [0.5, 0.6) is 0 Å². The van der Waals surface area contributed by atoms with Crippen LogP contribution in [0.1, 0.15) is 72.7 Å². The van der Waals surface area contributed by atoms with Gasteiger partial charge in [-0.15, -0.1) is 10.2 Å². The number of hydrogen-bond donors (Lipinski definition) is 3. The number of nitrogens with zero attached hydrogens (tertiary/aromatic N) is 2. The van der Waals surface area contributed by atoms with Crippen molar-refractivity contribution in [3.8, 4) is 0 Å². The zero-order chi connectivity index (χ0) is 29.0. The van der Waals surface area contributed by atoms with Gasteiger partial charge in [0.25, 0.3) is 5.91 Å². The summed E-state index contributed by atoms with van der Waals surface area (Å²) >= 11 is 5.93. The Morgan fingerprint density at radius 2 is 1.75 bits per heavy atom. The molecular weight excluding hydrogens is 566 g/mol. The lowest BCUT2D eigenvalue weighted by atomic mass is 9.74. The molecule has 14 heteroatoms. The fourth-order valence-corrected chi connectivity index (χ4v) is 6.57. The van der Waals surface area contributed by atoms with Gasteiger partial charge >= 0.3 is 6.18 Å². The van der Waals surface area contributed by atoms with Gasteiger partial charge in [0.15, 0.2) is 11.4 Å². The van der Waals surface area contributed by atoms with E-state index in [9.17, 15) is 32.3 Å². The minimum atomic E-state index is -4.73. The maximum atomic E-state index is 15.2. The van der Waals surface area contributed by atoms with Gasteiger partial charge in [-0.3, -0.25) is 9.59 Å². The Morgan fingerprint density at radius 1 is 1.05 bits per heavy atom. The summed E-state index contributed by atoms with van der Waals surface area (Å²) in [5, 5.41) is 21.6. The number of benzene rings is 1. The van der Waals surface area contributed by atoms with Gasteiger partial charge in [-0.25, -0.2) is 13.2 Å². The average Bonchev–Trinajstić information content (AvgIpc) is 3.56. The molecule has 3 fully saturated rings. The number of aliphatic hydroxyl groups excluding tert-OH is 1. The molecule has 3 aliphatic carbocycles. The van der Waals surface area contributed by atoms with E-state index in [-0.39, 0.29) is 37.1 Å². The molecule has 0 saturated heterocycles. The van der Waals surface area contributed by atoms with E-state index in [1.165, 1.54) is 0 Å². The number of nitrogens with one attached hydrogen (secondary N) is 2. The maximum absolute atomic E-state index is 15.2. The number of rotatable bonds is 6. The molecule has 40 heavy (non-hydrogen) atoms. The molecule has 3 aliphatic rings. The van der Waals surface area contributed by atoms with E-state index in [1.807, 2.05) is 0 Å². The molecule has 5 rings (SSSR count). The number of fused-ring (bicyclic) bond motifs is 2. The van der Waals surface area contributed by atoms with Gasteiger partial charge in [0, 0.05) is 11.5 Å². The summed E-state index contributed by atoms with van der Waals surface area (Å²) < 4.78 is 83.4. The Kier molecular flexibility index (Phi) is 7.26. The average molecular weight is 591 g/mol. The Bertz CT molecular complexity index is 1320. The lowest BCUT2D eigenvalue weighted by molar-refractivity contribution is -0.141. The summed E-state index contributed by atoms with van der Waals surface area (Å²) in [5.41, 5.74) is -4.55. The van der Waals surface area contributed by atoms with Gasteiger partial charge in [-0.1, -0.05) is 11.6 Å². The molecule has 3 saturated carbocycles. The number of carbonyl (C=O) groups is 2. The zero-order valence-electron chi connectivity index (χ0n) is 20.9. The lowest BCUT2D eigenvalue weighted by Crippen LogP contribution is -2.43. The molecule has 2 bridgehead atoms. The van der Waals surface area contributed by atoms with E-state index in [1.54, 1.807) is 0 Å². The van der Waals surface area contributed by atoms with E-state index < -0.39 is 81.8 Å². The van der Waals surface area contributed by atoms with Crippen LogP contribution in [0.25, 0.3) is 0 Å². The monoisotopic (exact) mass is 590 g/mol. The molecule has 216 valence electrons. The molecule has 7 nitrogen and oxygen atoms in total. The zero-order valence-corrected chi connectivity index (χ0v) is 21.6. The smallest absolute Gasteiger partial charge is 0.391 e. The second kappa shape index (κ2) is 10.2. The summed E-state index contributed by atoms with van der Waals surface area (Å²) in [6, 6.07) is 1.29. The van der Waals surface area contributed by atoms with E-state index in [0.29, 0.717) is 18.9 Å². The summed E-state index contributed by atoms with van der Waals surface area (Å²) in [5.74, 6) is -4.41. The van der Waals surface area contributed by atoms with Crippen LogP contribution in [0.3, 0.4) is 0 Å². The number of halogens is 7. The predicted molar refractivity (Wildman–Crippen MR) is 129 cm³/mol.